The number of amides is 1. The molecular weight excluding hydrogens is 384 g/mol. The van der Waals surface area contributed by atoms with Gasteiger partial charge in [-0.1, -0.05) is 12.1 Å². The lowest BCUT2D eigenvalue weighted by atomic mass is 10.2. The van der Waals surface area contributed by atoms with Crippen molar-refractivity contribution in [3.63, 3.8) is 0 Å². The maximum Gasteiger partial charge on any atom is 0.328 e. The number of carbonyl (C=O) groups is 2. The second kappa shape index (κ2) is 7.89. The number of ether oxygens (including phenoxy) is 2. The van der Waals surface area contributed by atoms with Gasteiger partial charge in [0.1, 0.15) is 11.8 Å². The molecule has 0 aliphatic carbocycles. The maximum atomic E-state index is 12.9. The fourth-order valence-corrected chi connectivity index (χ4v) is 4.03. The highest BCUT2D eigenvalue weighted by molar-refractivity contribution is 7.92. The minimum Gasteiger partial charge on any atom is -0.495 e. The minimum absolute atomic E-state index is 0.0257. The molecule has 1 fully saturated rings. The normalized spacial score (nSPS) is 16.4. The molecule has 1 aliphatic heterocycles. The number of methoxy groups -OCH3 is 1. The van der Waals surface area contributed by atoms with Crippen LogP contribution in [0, 0.1) is 0 Å². The molecule has 1 atom stereocenters. The molecule has 1 unspecified atom stereocenters. The summed E-state index contributed by atoms with van der Waals surface area (Å²) in [5.41, 5.74) is 0.644. The third-order valence-electron chi connectivity index (χ3n) is 4.44. The number of carbonyl (C=O) groups excluding carboxylic acids is 2. The first-order chi connectivity index (χ1) is 13.3. The number of anilines is 1. The summed E-state index contributed by atoms with van der Waals surface area (Å²) in [6.07, 6.45) is 0.417. The Balaban J connectivity index is 1.79. The third kappa shape index (κ3) is 3.79. The summed E-state index contributed by atoms with van der Waals surface area (Å²) in [4.78, 5) is 23.7. The maximum absolute atomic E-state index is 12.9. The molecule has 148 valence electrons. The van der Waals surface area contributed by atoms with Crippen LogP contribution in [0.15, 0.2) is 53.4 Å². The van der Waals surface area contributed by atoms with E-state index in [2.05, 4.69) is 5.32 Å². The van der Waals surface area contributed by atoms with Gasteiger partial charge in [-0.15, -0.1) is 0 Å². The smallest absolute Gasteiger partial charge is 0.328 e. The van der Waals surface area contributed by atoms with Gasteiger partial charge in [0.15, 0.2) is 0 Å². The van der Waals surface area contributed by atoms with Crippen molar-refractivity contribution in [1.29, 1.82) is 0 Å². The zero-order chi connectivity index (χ0) is 20.3. The quantitative estimate of drug-likeness (QED) is 0.733. The largest absolute Gasteiger partial charge is 0.495 e. The molecule has 1 aliphatic rings. The van der Waals surface area contributed by atoms with Crippen LogP contribution in [0.3, 0.4) is 0 Å². The van der Waals surface area contributed by atoms with Crippen LogP contribution in [0.25, 0.3) is 0 Å². The molecule has 8 nitrogen and oxygen atoms in total. The predicted molar refractivity (Wildman–Crippen MR) is 102 cm³/mol. The average Bonchev–Trinajstić information content (AvgIpc) is 3.11. The second-order valence-corrected chi connectivity index (χ2v) is 8.12. The third-order valence-corrected chi connectivity index (χ3v) is 6.23. The van der Waals surface area contributed by atoms with Gasteiger partial charge in [-0.2, -0.15) is 0 Å². The Hall–Kier alpha value is -3.07. The van der Waals surface area contributed by atoms with E-state index in [1.807, 2.05) is 0 Å². The lowest BCUT2D eigenvalue weighted by Gasteiger charge is -2.21. The zero-order valence-corrected chi connectivity index (χ0v) is 16.2. The topological polar surface area (TPSA) is 102 Å². The molecule has 1 N–H and O–H groups in total. The van der Waals surface area contributed by atoms with Gasteiger partial charge in [0.2, 0.25) is 0 Å². The van der Waals surface area contributed by atoms with Crippen LogP contribution in [0.2, 0.25) is 0 Å². The van der Waals surface area contributed by atoms with Crippen LogP contribution in [0.4, 0.5) is 5.69 Å². The van der Waals surface area contributed by atoms with E-state index in [-0.39, 0.29) is 17.1 Å². The highest BCUT2D eigenvalue weighted by Crippen LogP contribution is 2.30. The molecule has 0 bridgehead atoms. The van der Waals surface area contributed by atoms with Gasteiger partial charge in [0, 0.05) is 19.0 Å². The van der Waals surface area contributed by atoms with E-state index in [1.165, 1.54) is 38.4 Å². The van der Waals surface area contributed by atoms with Crippen molar-refractivity contribution < 1.29 is 27.5 Å². The average molecular weight is 404 g/mol. The molecule has 3 rings (SSSR count). The van der Waals surface area contributed by atoms with Crippen LogP contribution >= 0.6 is 0 Å². The molecule has 0 spiro atoms. The summed E-state index contributed by atoms with van der Waals surface area (Å²) in [6, 6.07) is 11.6. The minimum atomic E-state index is -3.85. The number of sulfonamides is 1. The van der Waals surface area contributed by atoms with Crippen molar-refractivity contribution in [2.45, 2.75) is 17.4 Å². The number of hydrogen-bond acceptors (Lipinski definition) is 6. The number of esters is 1. The number of rotatable bonds is 6. The van der Waals surface area contributed by atoms with E-state index in [9.17, 15) is 18.0 Å². The fraction of sp³-hybridized carbons (Fsp3) is 0.263. The van der Waals surface area contributed by atoms with Crippen LogP contribution < -0.4 is 14.4 Å². The first-order valence-corrected chi connectivity index (χ1v) is 9.98. The van der Waals surface area contributed by atoms with E-state index in [4.69, 9.17) is 9.47 Å². The van der Waals surface area contributed by atoms with Gasteiger partial charge >= 0.3 is 5.97 Å². The van der Waals surface area contributed by atoms with Gasteiger partial charge in [-0.05, 0) is 36.4 Å². The highest BCUT2D eigenvalue weighted by Gasteiger charge is 2.28. The molecule has 0 aromatic heterocycles. The van der Waals surface area contributed by atoms with Crippen molar-refractivity contribution in [3.8, 4) is 5.75 Å². The van der Waals surface area contributed by atoms with Crippen LogP contribution in [0.1, 0.15) is 16.8 Å². The Morgan fingerprint density at radius 3 is 2.46 bits per heavy atom. The van der Waals surface area contributed by atoms with E-state index in [1.54, 1.807) is 24.3 Å². The Bertz CT molecular complexity index is 988. The first-order valence-electron chi connectivity index (χ1n) is 8.54. The molecule has 1 heterocycles. The number of nitrogens with zero attached hydrogens (tertiary/aromatic N) is 1. The Morgan fingerprint density at radius 1 is 1.18 bits per heavy atom. The highest BCUT2D eigenvalue weighted by atomic mass is 32.2. The van der Waals surface area contributed by atoms with Gasteiger partial charge in [0.05, 0.1) is 24.3 Å². The molecule has 1 saturated heterocycles. The van der Waals surface area contributed by atoms with E-state index in [0.717, 1.165) is 4.31 Å². The zero-order valence-electron chi connectivity index (χ0n) is 15.4. The van der Waals surface area contributed by atoms with Crippen molar-refractivity contribution in [2.75, 3.05) is 25.1 Å². The van der Waals surface area contributed by atoms with Crippen molar-refractivity contribution in [2.24, 2.45) is 0 Å². The van der Waals surface area contributed by atoms with Gasteiger partial charge in [-0.25, -0.2) is 13.2 Å². The van der Waals surface area contributed by atoms with E-state index < -0.39 is 27.9 Å². The molecular formula is C19H20N2O6S. The second-order valence-electron chi connectivity index (χ2n) is 6.15. The van der Waals surface area contributed by atoms with Crippen molar-refractivity contribution in [1.82, 2.24) is 5.32 Å². The number of hydrogen-bond donors (Lipinski definition) is 1. The molecule has 0 saturated carbocycles. The summed E-state index contributed by atoms with van der Waals surface area (Å²) in [7, 11) is -0.956. The fourth-order valence-electron chi connectivity index (χ4n) is 2.82. The predicted octanol–water partition coefficient (Wildman–Crippen LogP) is 1.57. The molecule has 28 heavy (non-hydrogen) atoms. The van der Waals surface area contributed by atoms with Crippen LogP contribution in [-0.2, 0) is 19.6 Å². The lowest BCUT2D eigenvalue weighted by molar-refractivity contribution is -0.139. The molecule has 9 heteroatoms. The van der Waals surface area contributed by atoms with Crippen LogP contribution in [-0.4, -0.2) is 47.1 Å². The number of benzene rings is 2. The number of para-hydroxylation sites is 2. The standard InChI is InChI=1S/C19H20N2O6S/c1-21(16-5-3-4-6-17(16)26-2)28(24,25)14-9-7-13(8-10-14)18(22)20-15-11-12-27-19(15)23/h3-10,15H,11-12H2,1-2H3,(H,20,22). The first kappa shape index (κ1) is 19.7. The Morgan fingerprint density at radius 2 is 1.86 bits per heavy atom. The summed E-state index contributed by atoms with van der Waals surface area (Å²) in [5.74, 6) is -0.509. The molecule has 2 aromatic rings. The van der Waals surface area contributed by atoms with E-state index in [0.29, 0.717) is 17.9 Å². The monoisotopic (exact) mass is 404 g/mol. The Labute approximate surface area is 163 Å². The van der Waals surface area contributed by atoms with Gasteiger partial charge in [-0.3, -0.25) is 9.10 Å². The van der Waals surface area contributed by atoms with Crippen LogP contribution in [0.5, 0.6) is 5.75 Å². The van der Waals surface area contributed by atoms with Crippen molar-refractivity contribution >= 4 is 27.6 Å². The molecule has 0 radical (unpaired) electrons. The SMILES string of the molecule is COc1ccccc1N(C)S(=O)(=O)c1ccc(C(=O)NC2CCOC2=O)cc1. The summed E-state index contributed by atoms with van der Waals surface area (Å²) < 4.78 is 37.0. The lowest BCUT2D eigenvalue weighted by Crippen LogP contribution is -2.37. The van der Waals surface area contributed by atoms with E-state index >= 15 is 0 Å². The van der Waals surface area contributed by atoms with Gasteiger partial charge in [0.25, 0.3) is 15.9 Å². The summed E-state index contributed by atoms with van der Waals surface area (Å²) in [6.45, 7) is 0.274. The molecule has 2 aromatic carbocycles. The Kier molecular flexibility index (Phi) is 5.55. The molecule has 1 amide bonds. The van der Waals surface area contributed by atoms with Gasteiger partial charge < -0.3 is 14.8 Å². The summed E-state index contributed by atoms with van der Waals surface area (Å²) in [5, 5.41) is 2.58. The number of nitrogens with one attached hydrogen (secondary N) is 1. The summed E-state index contributed by atoms with van der Waals surface area (Å²) >= 11 is 0. The van der Waals surface area contributed by atoms with Crippen molar-refractivity contribution in [3.05, 3.63) is 54.1 Å². The number of cyclic esters (lactones) is 1.